The van der Waals surface area contributed by atoms with Crippen molar-refractivity contribution in [2.75, 3.05) is 0 Å². The Kier molecular flexibility index (Phi) is 6.74. The Morgan fingerprint density at radius 1 is 1.39 bits per heavy atom. The van der Waals surface area contributed by atoms with Crippen LogP contribution in [0.4, 0.5) is 13.2 Å². The Hall–Kier alpha value is -0.710. The molecule has 1 rings (SSSR count). The summed E-state index contributed by atoms with van der Waals surface area (Å²) in [7, 11) is 0. The number of hydrogen-bond acceptors (Lipinski definition) is 1. The first-order valence-electron chi connectivity index (χ1n) is 5.10. The molecule has 0 radical (unpaired) electrons. The van der Waals surface area contributed by atoms with Crippen molar-refractivity contribution in [2.45, 2.75) is 25.1 Å². The van der Waals surface area contributed by atoms with Crippen LogP contribution in [-0.2, 0) is 6.18 Å². The first-order chi connectivity index (χ1) is 7.88. The van der Waals surface area contributed by atoms with Gasteiger partial charge in [0.15, 0.2) is 0 Å². The highest BCUT2D eigenvalue weighted by Gasteiger charge is 2.34. The van der Waals surface area contributed by atoms with E-state index in [0.29, 0.717) is 18.4 Å². The maximum Gasteiger partial charge on any atom is 0.417 e. The molecule has 0 spiro atoms. The van der Waals surface area contributed by atoms with Crippen LogP contribution in [0.15, 0.2) is 30.9 Å². The van der Waals surface area contributed by atoms with E-state index in [0.717, 1.165) is 6.07 Å². The molecule has 0 aliphatic rings. The fourth-order valence-corrected chi connectivity index (χ4v) is 1.88. The minimum absolute atomic E-state index is 0. The van der Waals surface area contributed by atoms with Crippen molar-refractivity contribution in [1.82, 2.24) is 0 Å². The molecule has 6 heteroatoms. The lowest BCUT2D eigenvalue weighted by molar-refractivity contribution is -0.137. The topological polar surface area (TPSA) is 26.0 Å². The second-order valence-electron chi connectivity index (χ2n) is 3.68. The van der Waals surface area contributed by atoms with Gasteiger partial charge in [-0.05, 0) is 24.5 Å². The van der Waals surface area contributed by atoms with Crippen molar-refractivity contribution >= 4 is 24.0 Å². The first-order valence-corrected chi connectivity index (χ1v) is 5.47. The Morgan fingerprint density at radius 2 is 2.00 bits per heavy atom. The van der Waals surface area contributed by atoms with E-state index < -0.39 is 17.8 Å². The maximum absolute atomic E-state index is 12.6. The van der Waals surface area contributed by atoms with Gasteiger partial charge in [-0.25, -0.2) is 0 Å². The largest absolute Gasteiger partial charge is 0.417 e. The molecule has 0 fully saturated rings. The van der Waals surface area contributed by atoms with Crippen LogP contribution in [-0.4, -0.2) is 0 Å². The number of rotatable bonds is 4. The number of nitrogens with two attached hydrogens (primary N) is 1. The monoisotopic (exact) mass is 299 g/mol. The van der Waals surface area contributed by atoms with Gasteiger partial charge < -0.3 is 5.73 Å². The molecule has 1 nitrogen and oxygen atoms in total. The van der Waals surface area contributed by atoms with Crippen molar-refractivity contribution in [3.63, 3.8) is 0 Å². The SMILES string of the molecule is C=CCC[C@@H](N)c1cccc(C(F)(F)F)c1Cl.Cl. The van der Waals surface area contributed by atoms with Gasteiger partial charge in [0.25, 0.3) is 0 Å². The van der Waals surface area contributed by atoms with Crippen molar-refractivity contribution in [1.29, 1.82) is 0 Å². The zero-order valence-corrected chi connectivity index (χ0v) is 11.1. The molecule has 102 valence electrons. The average molecular weight is 300 g/mol. The third-order valence-corrected chi connectivity index (χ3v) is 2.84. The predicted octanol–water partition coefficient (Wildman–Crippen LogP) is 4.75. The first kappa shape index (κ1) is 17.3. The second kappa shape index (κ2) is 7.02. The summed E-state index contributed by atoms with van der Waals surface area (Å²) in [6.07, 6.45) is -1.63. The quantitative estimate of drug-likeness (QED) is 0.798. The molecule has 0 bridgehead atoms. The van der Waals surface area contributed by atoms with E-state index in [1.54, 1.807) is 6.08 Å². The number of hydrogen-bond donors (Lipinski definition) is 1. The van der Waals surface area contributed by atoms with Gasteiger partial charge in [0.1, 0.15) is 0 Å². The summed E-state index contributed by atoms with van der Waals surface area (Å²) >= 11 is 5.74. The molecule has 0 heterocycles. The van der Waals surface area contributed by atoms with E-state index in [1.807, 2.05) is 0 Å². The normalized spacial score (nSPS) is 12.7. The lowest BCUT2D eigenvalue weighted by atomic mass is 10.0. The summed E-state index contributed by atoms with van der Waals surface area (Å²) in [6.45, 7) is 3.54. The molecule has 0 unspecified atom stereocenters. The molecule has 0 aliphatic carbocycles. The fraction of sp³-hybridized carbons (Fsp3) is 0.333. The second-order valence-corrected chi connectivity index (χ2v) is 4.06. The van der Waals surface area contributed by atoms with Crippen molar-refractivity contribution < 1.29 is 13.2 Å². The smallest absolute Gasteiger partial charge is 0.324 e. The number of allylic oxidation sites excluding steroid dienone is 1. The highest BCUT2D eigenvalue weighted by molar-refractivity contribution is 6.32. The molecule has 1 aromatic rings. The molecule has 18 heavy (non-hydrogen) atoms. The lowest BCUT2D eigenvalue weighted by Crippen LogP contribution is -2.13. The summed E-state index contributed by atoms with van der Waals surface area (Å²) < 4.78 is 37.8. The standard InChI is InChI=1S/C12H13ClF3N.ClH/c1-2-3-7-10(17)8-5-4-6-9(11(8)13)12(14,15)16;/h2,4-6,10H,1,3,7,17H2;1H/t10-;/m1./s1. The Bertz CT molecular complexity index is 405. The van der Waals surface area contributed by atoms with Crippen molar-refractivity contribution in [3.05, 3.63) is 47.0 Å². The molecule has 0 amide bonds. The van der Waals surface area contributed by atoms with Gasteiger partial charge >= 0.3 is 6.18 Å². The van der Waals surface area contributed by atoms with Crippen LogP contribution in [0.3, 0.4) is 0 Å². The summed E-state index contributed by atoms with van der Waals surface area (Å²) in [5.74, 6) is 0. The number of halogens is 5. The van der Waals surface area contributed by atoms with Crippen LogP contribution < -0.4 is 5.73 Å². The van der Waals surface area contributed by atoms with Crippen LogP contribution >= 0.6 is 24.0 Å². The van der Waals surface area contributed by atoms with Gasteiger partial charge in [0.05, 0.1) is 10.6 Å². The van der Waals surface area contributed by atoms with E-state index in [2.05, 4.69) is 6.58 Å². The summed E-state index contributed by atoms with van der Waals surface area (Å²) in [5.41, 5.74) is 5.28. The number of benzene rings is 1. The van der Waals surface area contributed by atoms with Crippen molar-refractivity contribution in [2.24, 2.45) is 5.73 Å². The van der Waals surface area contributed by atoms with Gasteiger partial charge in [0.2, 0.25) is 0 Å². The van der Waals surface area contributed by atoms with E-state index in [-0.39, 0.29) is 17.4 Å². The molecular formula is C12H14Cl2F3N. The molecule has 0 aliphatic heterocycles. The third kappa shape index (κ3) is 4.19. The Morgan fingerprint density at radius 3 is 2.50 bits per heavy atom. The highest BCUT2D eigenvalue weighted by Crippen LogP contribution is 2.38. The van der Waals surface area contributed by atoms with Crippen LogP contribution in [0.25, 0.3) is 0 Å². The lowest BCUT2D eigenvalue weighted by Gasteiger charge is -2.16. The van der Waals surface area contributed by atoms with Crippen molar-refractivity contribution in [3.8, 4) is 0 Å². The molecule has 0 saturated heterocycles. The predicted molar refractivity (Wildman–Crippen MR) is 70.1 cm³/mol. The summed E-state index contributed by atoms with van der Waals surface area (Å²) in [5, 5.41) is -0.309. The van der Waals surface area contributed by atoms with Crippen LogP contribution in [0, 0.1) is 0 Å². The minimum Gasteiger partial charge on any atom is -0.324 e. The van der Waals surface area contributed by atoms with E-state index >= 15 is 0 Å². The van der Waals surface area contributed by atoms with E-state index in [1.165, 1.54) is 12.1 Å². The van der Waals surface area contributed by atoms with Gasteiger partial charge in [-0.3, -0.25) is 0 Å². The Labute approximate surface area is 115 Å². The van der Waals surface area contributed by atoms with E-state index in [4.69, 9.17) is 17.3 Å². The summed E-state index contributed by atoms with van der Waals surface area (Å²) in [4.78, 5) is 0. The van der Waals surface area contributed by atoms with E-state index in [9.17, 15) is 13.2 Å². The maximum atomic E-state index is 12.6. The highest BCUT2D eigenvalue weighted by atomic mass is 35.5. The van der Waals surface area contributed by atoms with Crippen LogP contribution in [0.1, 0.15) is 30.0 Å². The Balaban J connectivity index is 0.00000289. The van der Waals surface area contributed by atoms with Gasteiger partial charge in [-0.1, -0.05) is 29.8 Å². The zero-order valence-electron chi connectivity index (χ0n) is 9.51. The minimum atomic E-state index is -4.45. The fourth-order valence-electron chi connectivity index (χ4n) is 1.51. The average Bonchev–Trinajstić information content (AvgIpc) is 2.24. The molecule has 1 atom stereocenters. The molecular weight excluding hydrogens is 286 g/mol. The van der Waals surface area contributed by atoms with Gasteiger partial charge in [0, 0.05) is 6.04 Å². The molecule has 1 aromatic carbocycles. The zero-order chi connectivity index (χ0) is 13.1. The van der Waals surface area contributed by atoms with Crippen LogP contribution in [0.2, 0.25) is 5.02 Å². The van der Waals surface area contributed by atoms with Gasteiger partial charge in [-0.15, -0.1) is 19.0 Å². The summed E-state index contributed by atoms with van der Waals surface area (Å²) in [6, 6.07) is 3.28. The molecule has 0 aromatic heterocycles. The molecule has 2 N–H and O–H groups in total. The van der Waals surface area contributed by atoms with Gasteiger partial charge in [-0.2, -0.15) is 13.2 Å². The molecule has 0 saturated carbocycles. The third-order valence-electron chi connectivity index (χ3n) is 2.42. The number of alkyl halides is 3. The van der Waals surface area contributed by atoms with Crippen LogP contribution in [0.5, 0.6) is 0 Å².